The molecule has 0 N–H and O–H groups in total. The average molecular weight is 451 g/mol. The van der Waals surface area contributed by atoms with E-state index in [9.17, 15) is 4.39 Å². The number of aryl methyl sites for hydroxylation is 3. The maximum Gasteiger partial charge on any atom is 0.168 e. The van der Waals surface area contributed by atoms with Gasteiger partial charge in [-0.05, 0) is 117 Å². The van der Waals surface area contributed by atoms with Gasteiger partial charge in [-0.1, -0.05) is 57.0 Å². The molecule has 0 spiro atoms. The smallest absolute Gasteiger partial charge is 0.168 e. The van der Waals surface area contributed by atoms with Gasteiger partial charge in [-0.25, -0.2) is 4.39 Å². The number of unbranched alkanes of at least 4 members (excludes halogenated alkanes) is 1. The van der Waals surface area contributed by atoms with Crippen LogP contribution in [0.4, 0.5) is 4.39 Å². The molecular weight excluding hydrogens is 407 g/mol. The Kier molecular flexibility index (Phi) is 8.50. The van der Waals surface area contributed by atoms with Crippen LogP contribution in [0, 0.1) is 18.7 Å². The summed E-state index contributed by atoms with van der Waals surface area (Å²) in [6.07, 6.45) is 15.7. The van der Waals surface area contributed by atoms with Crippen LogP contribution in [-0.4, -0.2) is 6.10 Å². The van der Waals surface area contributed by atoms with Crippen molar-refractivity contribution in [1.29, 1.82) is 0 Å². The Bertz CT molecular complexity index is 892. The molecular formula is C31H43FO. The van der Waals surface area contributed by atoms with Gasteiger partial charge in [0.1, 0.15) is 0 Å². The number of hydrogen-bond donors (Lipinski definition) is 0. The molecule has 0 bridgehead atoms. The third-order valence-corrected chi connectivity index (χ3v) is 8.28. The van der Waals surface area contributed by atoms with Gasteiger partial charge >= 0.3 is 0 Å². The largest absolute Gasteiger partial charge is 0.487 e. The summed E-state index contributed by atoms with van der Waals surface area (Å²) in [7, 11) is 0. The number of rotatable bonds is 9. The summed E-state index contributed by atoms with van der Waals surface area (Å²) in [4.78, 5) is 0. The van der Waals surface area contributed by atoms with E-state index in [4.69, 9.17) is 4.74 Å². The third kappa shape index (κ3) is 6.00. The molecule has 0 aromatic heterocycles. The molecule has 0 amide bonds. The van der Waals surface area contributed by atoms with Gasteiger partial charge in [0.2, 0.25) is 0 Å². The van der Waals surface area contributed by atoms with Crippen molar-refractivity contribution in [2.24, 2.45) is 5.92 Å². The Hall–Kier alpha value is -1.83. The number of benzene rings is 2. The first-order chi connectivity index (χ1) is 16.1. The van der Waals surface area contributed by atoms with Gasteiger partial charge in [0, 0.05) is 0 Å². The predicted octanol–water partition coefficient (Wildman–Crippen LogP) is 8.88. The lowest BCUT2D eigenvalue weighted by Crippen LogP contribution is -2.23. The van der Waals surface area contributed by atoms with E-state index in [1.807, 2.05) is 6.92 Å². The number of hydrogen-bond acceptors (Lipinski definition) is 1. The molecule has 1 aliphatic heterocycles. The predicted molar refractivity (Wildman–Crippen MR) is 137 cm³/mol. The highest BCUT2D eigenvalue weighted by Crippen LogP contribution is 2.38. The lowest BCUT2D eigenvalue weighted by atomic mass is 9.77. The summed E-state index contributed by atoms with van der Waals surface area (Å²) in [5.74, 6) is 2.14. The molecule has 1 fully saturated rings. The van der Waals surface area contributed by atoms with Crippen molar-refractivity contribution in [3.63, 3.8) is 0 Å². The van der Waals surface area contributed by atoms with E-state index in [1.165, 1.54) is 49.7 Å². The lowest BCUT2D eigenvalue weighted by Gasteiger charge is -2.28. The van der Waals surface area contributed by atoms with Crippen molar-refractivity contribution in [3.8, 4) is 5.75 Å². The summed E-state index contributed by atoms with van der Waals surface area (Å²) in [6, 6.07) is 11.7. The second-order valence-electron chi connectivity index (χ2n) is 10.6. The first-order valence-corrected chi connectivity index (χ1v) is 13.6. The minimum Gasteiger partial charge on any atom is -0.487 e. The molecule has 0 radical (unpaired) electrons. The number of halogens is 1. The zero-order valence-corrected chi connectivity index (χ0v) is 21.1. The Morgan fingerprint density at radius 1 is 0.939 bits per heavy atom. The molecule has 1 nitrogen and oxygen atoms in total. The van der Waals surface area contributed by atoms with Crippen LogP contribution in [-0.2, 0) is 19.3 Å². The molecule has 2 aromatic carbocycles. The summed E-state index contributed by atoms with van der Waals surface area (Å²) >= 11 is 0. The second kappa shape index (κ2) is 11.5. The van der Waals surface area contributed by atoms with Crippen LogP contribution in [0.3, 0.4) is 0 Å². The van der Waals surface area contributed by atoms with Crippen LogP contribution in [0.2, 0.25) is 0 Å². The first-order valence-electron chi connectivity index (χ1n) is 13.6. The monoisotopic (exact) mass is 450 g/mol. The molecule has 4 rings (SSSR count). The summed E-state index contributed by atoms with van der Waals surface area (Å²) in [5, 5.41) is 0. The van der Waals surface area contributed by atoms with Crippen molar-refractivity contribution in [2.75, 3.05) is 0 Å². The highest BCUT2D eigenvalue weighted by atomic mass is 19.1. The maximum atomic E-state index is 15.0. The Balaban J connectivity index is 1.25. The molecule has 1 saturated carbocycles. The highest BCUT2D eigenvalue weighted by Gasteiger charge is 2.24. The molecule has 0 saturated heterocycles. The lowest BCUT2D eigenvalue weighted by molar-refractivity contribution is 0.161. The highest BCUT2D eigenvalue weighted by molar-refractivity contribution is 5.45. The Morgan fingerprint density at radius 2 is 1.67 bits per heavy atom. The Labute approximate surface area is 201 Å². The zero-order chi connectivity index (χ0) is 23.2. The quantitative estimate of drug-likeness (QED) is 0.347. The minimum absolute atomic E-state index is 0.125. The van der Waals surface area contributed by atoms with E-state index in [-0.39, 0.29) is 11.9 Å². The van der Waals surface area contributed by atoms with Gasteiger partial charge in [0.15, 0.2) is 11.6 Å². The minimum atomic E-state index is -0.125. The van der Waals surface area contributed by atoms with Crippen molar-refractivity contribution in [3.05, 3.63) is 64.0 Å². The maximum absolute atomic E-state index is 15.0. The first kappa shape index (κ1) is 24.3. The van der Waals surface area contributed by atoms with E-state index < -0.39 is 0 Å². The topological polar surface area (TPSA) is 9.23 Å². The third-order valence-electron chi connectivity index (χ3n) is 8.28. The van der Waals surface area contributed by atoms with Crippen molar-refractivity contribution in [1.82, 2.24) is 0 Å². The van der Waals surface area contributed by atoms with E-state index in [2.05, 4.69) is 44.2 Å². The van der Waals surface area contributed by atoms with Crippen molar-refractivity contribution >= 4 is 0 Å². The van der Waals surface area contributed by atoms with Crippen LogP contribution in [0.15, 0.2) is 30.3 Å². The van der Waals surface area contributed by atoms with Crippen LogP contribution in [0.25, 0.3) is 0 Å². The summed E-state index contributed by atoms with van der Waals surface area (Å²) in [5.41, 5.74) is 5.99. The molecule has 1 aliphatic carbocycles. The molecule has 33 heavy (non-hydrogen) atoms. The van der Waals surface area contributed by atoms with E-state index in [0.29, 0.717) is 5.75 Å². The van der Waals surface area contributed by atoms with Crippen molar-refractivity contribution < 1.29 is 9.13 Å². The molecule has 1 heterocycles. The van der Waals surface area contributed by atoms with Crippen LogP contribution >= 0.6 is 0 Å². The van der Waals surface area contributed by atoms with Gasteiger partial charge in [0.05, 0.1) is 6.10 Å². The fraction of sp³-hybridized carbons (Fsp3) is 0.613. The number of ether oxygens (including phenoxy) is 1. The fourth-order valence-electron chi connectivity index (χ4n) is 6.03. The van der Waals surface area contributed by atoms with Gasteiger partial charge in [-0.3, -0.25) is 0 Å². The molecule has 1 unspecified atom stereocenters. The Morgan fingerprint density at radius 3 is 2.36 bits per heavy atom. The molecule has 2 aliphatic rings. The second-order valence-corrected chi connectivity index (χ2v) is 10.6. The molecule has 1 atom stereocenters. The van der Waals surface area contributed by atoms with E-state index in [1.54, 1.807) is 5.56 Å². The van der Waals surface area contributed by atoms with E-state index >= 15 is 0 Å². The standard InChI is InChI=1S/C31H43FO/c1-4-8-23-11-15-25(16-12-23)26-17-13-24(14-18-26)9-6-7-10-27-21-28-19-20-29(5-2)33-31(28)30(32)22(27)3/h13-14,17-18,21,23,25,29H,4-12,15-16,19-20H2,1-3H3. The average Bonchev–Trinajstić information content (AvgIpc) is 2.85. The summed E-state index contributed by atoms with van der Waals surface area (Å²) < 4.78 is 20.9. The van der Waals surface area contributed by atoms with Crippen molar-refractivity contribution in [2.45, 2.75) is 116 Å². The fourth-order valence-corrected chi connectivity index (χ4v) is 6.03. The van der Waals surface area contributed by atoms with E-state index in [0.717, 1.165) is 67.9 Å². The molecule has 2 aromatic rings. The summed E-state index contributed by atoms with van der Waals surface area (Å²) in [6.45, 7) is 6.34. The molecule has 2 heteroatoms. The van der Waals surface area contributed by atoms with Gasteiger partial charge in [-0.15, -0.1) is 0 Å². The van der Waals surface area contributed by atoms with Crippen LogP contribution in [0.5, 0.6) is 5.75 Å². The number of fused-ring (bicyclic) bond motifs is 1. The normalized spacial score (nSPS) is 22.6. The van der Waals surface area contributed by atoms with Crippen LogP contribution in [0.1, 0.15) is 112 Å². The SMILES string of the molecule is CCCC1CCC(c2ccc(CCCCc3cc4c(c(F)c3C)OC(CC)CC4)cc2)CC1. The zero-order valence-electron chi connectivity index (χ0n) is 21.1. The van der Waals surface area contributed by atoms with Gasteiger partial charge < -0.3 is 4.74 Å². The molecule has 180 valence electrons. The van der Waals surface area contributed by atoms with Gasteiger partial charge in [-0.2, -0.15) is 0 Å². The van der Waals surface area contributed by atoms with Crippen LogP contribution < -0.4 is 4.74 Å². The van der Waals surface area contributed by atoms with Gasteiger partial charge in [0.25, 0.3) is 0 Å².